The van der Waals surface area contributed by atoms with Crippen LogP contribution in [0.2, 0.25) is 0 Å². The van der Waals surface area contributed by atoms with Gasteiger partial charge in [-0.2, -0.15) is 0 Å². The number of carbonyl (C=O) groups excluding carboxylic acids is 1. The molecule has 0 radical (unpaired) electrons. The van der Waals surface area contributed by atoms with E-state index in [1.54, 1.807) is 0 Å². The average molecular weight is 273 g/mol. The molecule has 3 N–H and O–H groups in total. The Balaban J connectivity index is 2.36. The van der Waals surface area contributed by atoms with Crippen molar-refractivity contribution in [2.75, 3.05) is 6.61 Å². The molecule has 1 amide bonds. The van der Waals surface area contributed by atoms with Crippen molar-refractivity contribution in [3.05, 3.63) is 0 Å². The van der Waals surface area contributed by atoms with Crippen LogP contribution in [0, 0.1) is 11.8 Å². The second kappa shape index (κ2) is 6.96. The van der Waals surface area contributed by atoms with Gasteiger partial charge in [0.1, 0.15) is 0 Å². The maximum absolute atomic E-state index is 11.4. The second-order valence-corrected chi connectivity index (χ2v) is 4.85. The zero-order valence-electron chi connectivity index (χ0n) is 10.8. The van der Waals surface area contributed by atoms with E-state index in [9.17, 15) is 14.4 Å². The SMILES string of the molecule is CC(NC(=O)OCC1CC1)C(CCC(=O)O)C(=O)O. The molecular weight excluding hydrogens is 254 g/mol. The highest BCUT2D eigenvalue weighted by Gasteiger charge is 2.28. The van der Waals surface area contributed by atoms with Crippen LogP contribution < -0.4 is 5.32 Å². The lowest BCUT2D eigenvalue weighted by Gasteiger charge is -2.20. The molecule has 0 saturated heterocycles. The molecule has 1 aliphatic carbocycles. The van der Waals surface area contributed by atoms with Crippen molar-refractivity contribution in [3.8, 4) is 0 Å². The molecule has 0 heterocycles. The first-order chi connectivity index (χ1) is 8.90. The van der Waals surface area contributed by atoms with Crippen LogP contribution in [0.3, 0.4) is 0 Å². The van der Waals surface area contributed by atoms with E-state index in [4.69, 9.17) is 14.9 Å². The fourth-order valence-corrected chi connectivity index (χ4v) is 1.67. The zero-order chi connectivity index (χ0) is 14.4. The third-order valence-corrected chi connectivity index (χ3v) is 3.08. The van der Waals surface area contributed by atoms with Gasteiger partial charge in [0.05, 0.1) is 12.5 Å². The van der Waals surface area contributed by atoms with Gasteiger partial charge in [-0.15, -0.1) is 0 Å². The van der Waals surface area contributed by atoms with Gasteiger partial charge in [-0.3, -0.25) is 9.59 Å². The summed E-state index contributed by atoms with van der Waals surface area (Å²) in [4.78, 5) is 32.9. The number of alkyl carbamates (subject to hydrolysis) is 1. The Morgan fingerprint density at radius 1 is 1.32 bits per heavy atom. The minimum absolute atomic E-state index is 0.0330. The number of amides is 1. The van der Waals surface area contributed by atoms with E-state index in [-0.39, 0.29) is 12.8 Å². The molecule has 19 heavy (non-hydrogen) atoms. The van der Waals surface area contributed by atoms with Gasteiger partial charge in [-0.05, 0) is 32.1 Å². The molecule has 1 fully saturated rings. The van der Waals surface area contributed by atoms with Crippen molar-refractivity contribution in [3.63, 3.8) is 0 Å². The van der Waals surface area contributed by atoms with Crippen LogP contribution in [-0.4, -0.2) is 40.9 Å². The molecule has 0 aromatic rings. The van der Waals surface area contributed by atoms with Crippen LogP contribution in [0.15, 0.2) is 0 Å². The van der Waals surface area contributed by atoms with Crippen LogP contribution in [0.25, 0.3) is 0 Å². The summed E-state index contributed by atoms with van der Waals surface area (Å²) in [5.74, 6) is -2.70. The van der Waals surface area contributed by atoms with E-state index in [2.05, 4.69) is 5.32 Å². The Morgan fingerprint density at radius 3 is 2.42 bits per heavy atom. The van der Waals surface area contributed by atoms with E-state index in [1.807, 2.05) is 0 Å². The highest BCUT2D eigenvalue weighted by molar-refractivity contribution is 5.74. The average Bonchev–Trinajstić information content (AvgIpc) is 3.09. The normalized spacial score (nSPS) is 17.3. The number of carboxylic acid groups (broad SMARTS) is 2. The molecular formula is C12H19NO6. The molecule has 1 aliphatic rings. The monoisotopic (exact) mass is 273 g/mol. The molecule has 2 unspecified atom stereocenters. The van der Waals surface area contributed by atoms with Gasteiger partial charge in [-0.25, -0.2) is 4.79 Å². The Hall–Kier alpha value is -1.79. The largest absolute Gasteiger partial charge is 0.481 e. The summed E-state index contributed by atoms with van der Waals surface area (Å²) in [5.41, 5.74) is 0. The number of aliphatic carboxylic acids is 2. The topological polar surface area (TPSA) is 113 Å². The number of hydrogen-bond acceptors (Lipinski definition) is 4. The Kier molecular flexibility index (Phi) is 5.59. The van der Waals surface area contributed by atoms with E-state index >= 15 is 0 Å². The quantitative estimate of drug-likeness (QED) is 0.610. The number of nitrogens with one attached hydrogen (secondary N) is 1. The summed E-state index contributed by atoms with van der Waals surface area (Å²) in [7, 11) is 0. The van der Waals surface area contributed by atoms with Crippen LogP contribution in [0.4, 0.5) is 4.79 Å². The molecule has 1 rings (SSSR count). The fourth-order valence-electron chi connectivity index (χ4n) is 1.67. The summed E-state index contributed by atoms with van der Waals surface area (Å²) < 4.78 is 4.93. The standard InChI is InChI=1S/C12H19NO6/c1-7(9(11(16)17)4-5-10(14)15)13-12(18)19-6-8-2-3-8/h7-9H,2-6H2,1H3,(H,13,18)(H,14,15)(H,16,17). The minimum atomic E-state index is -1.13. The number of rotatable bonds is 8. The maximum Gasteiger partial charge on any atom is 0.407 e. The summed E-state index contributed by atoms with van der Waals surface area (Å²) >= 11 is 0. The number of carbonyl (C=O) groups is 3. The van der Waals surface area contributed by atoms with Crippen molar-refractivity contribution in [1.29, 1.82) is 0 Å². The lowest BCUT2D eigenvalue weighted by Crippen LogP contribution is -2.42. The van der Waals surface area contributed by atoms with Crippen molar-refractivity contribution in [1.82, 2.24) is 5.32 Å². The molecule has 2 atom stereocenters. The zero-order valence-corrected chi connectivity index (χ0v) is 10.8. The molecule has 0 aromatic heterocycles. The van der Waals surface area contributed by atoms with Crippen LogP contribution in [0.5, 0.6) is 0 Å². The molecule has 0 spiro atoms. The van der Waals surface area contributed by atoms with Gasteiger partial charge < -0.3 is 20.3 Å². The van der Waals surface area contributed by atoms with Crippen molar-refractivity contribution < 1.29 is 29.3 Å². The van der Waals surface area contributed by atoms with Gasteiger partial charge in [0.25, 0.3) is 0 Å². The van der Waals surface area contributed by atoms with Crippen LogP contribution >= 0.6 is 0 Å². The molecule has 0 aromatic carbocycles. The number of hydrogen-bond donors (Lipinski definition) is 3. The van der Waals surface area contributed by atoms with Crippen LogP contribution in [-0.2, 0) is 14.3 Å². The highest BCUT2D eigenvalue weighted by Crippen LogP contribution is 2.28. The fraction of sp³-hybridized carbons (Fsp3) is 0.750. The maximum atomic E-state index is 11.4. The molecule has 1 saturated carbocycles. The summed E-state index contributed by atoms with van der Waals surface area (Å²) in [6, 6.07) is -0.677. The smallest absolute Gasteiger partial charge is 0.407 e. The van der Waals surface area contributed by atoms with E-state index in [1.165, 1.54) is 6.92 Å². The lowest BCUT2D eigenvalue weighted by atomic mass is 9.96. The van der Waals surface area contributed by atoms with Gasteiger partial charge in [0, 0.05) is 12.5 Å². The van der Waals surface area contributed by atoms with Gasteiger partial charge >= 0.3 is 18.0 Å². The van der Waals surface area contributed by atoms with E-state index < -0.39 is 30.0 Å². The van der Waals surface area contributed by atoms with Gasteiger partial charge in [0.15, 0.2) is 0 Å². The first kappa shape index (κ1) is 15.3. The minimum Gasteiger partial charge on any atom is -0.481 e. The van der Waals surface area contributed by atoms with E-state index in [0.29, 0.717) is 12.5 Å². The van der Waals surface area contributed by atoms with Gasteiger partial charge in [0.2, 0.25) is 0 Å². The third kappa shape index (κ3) is 6.08. The predicted molar refractivity (Wildman–Crippen MR) is 64.7 cm³/mol. The first-order valence-corrected chi connectivity index (χ1v) is 6.28. The lowest BCUT2D eigenvalue weighted by molar-refractivity contribution is -0.143. The van der Waals surface area contributed by atoms with Crippen molar-refractivity contribution in [2.45, 2.75) is 38.6 Å². The molecule has 0 bridgehead atoms. The Bertz CT molecular complexity index is 352. The second-order valence-electron chi connectivity index (χ2n) is 4.85. The summed E-state index contributed by atoms with van der Waals surface area (Å²) in [5, 5.41) is 20.0. The van der Waals surface area contributed by atoms with Gasteiger partial charge in [-0.1, -0.05) is 0 Å². The molecule has 7 heteroatoms. The Labute approximate surface area is 110 Å². The van der Waals surface area contributed by atoms with Crippen molar-refractivity contribution in [2.24, 2.45) is 11.8 Å². The van der Waals surface area contributed by atoms with Crippen molar-refractivity contribution >= 4 is 18.0 Å². The number of carboxylic acids is 2. The predicted octanol–water partition coefficient (Wildman–Crippen LogP) is 1.08. The van der Waals surface area contributed by atoms with Crippen LogP contribution in [0.1, 0.15) is 32.6 Å². The molecule has 7 nitrogen and oxygen atoms in total. The molecule has 108 valence electrons. The third-order valence-electron chi connectivity index (χ3n) is 3.08. The highest BCUT2D eigenvalue weighted by atomic mass is 16.5. The summed E-state index contributed by atoms with van der Waals surface area (Å²) in [6.07, 6.45) is 1.17. The Morgan fingerprint density at radius 2 is 1.95 bits per heavy atom. The number of ether oxygens (including phenoxy) is 1. The molecule has 0 aliphatic heterocycles. The van der Waals surface area contributed by atoms with E-state index in [0.717, 1.165) is 12.8 Å². The summed E-state index contributed by atoms with van der Waals surface area (Å²) in [6.45, 7) is 1.88. The first-order valence-electron chi connectivity index (χ1n) is 6.28.